The fourth-order valence-corrected chi connectivity index (χ4v) is 1.02. The fraction of sp³-hybridized carbons (Fsp3) is 0.556. The summed E-state index contributed by atoms with van der Waals surface area (Å²) in [6, 6.07) is 0. The number of nitrogens with one attached hydrogen (secondary N) is 1. The van der Waals surface area contributed by atoms with Gasteiger partial charge in [-0.25, -0.2) is 4.98 Å². The van der Waals surface area contributed by atoms with Crippen LogP contribution in [0.4, 0.5) is 11.6 Å². The first-order chi connectivity index (χ1) is 7.33. The van der Waals surface area contributed by atoms with Crippen molar-refractivity contribution in [3.05, 3.63) is 12.4 Å². The number of nitrogens with zero attached hydrogens (tertiary/aromatic N) is 2. The normalized spacial score (nSPS) is 10.2. The summed E-state index contributed by atoms with van der Waals surface area (Å²) in [5, 5.41) is 11.5. The van der Waals surface area contributed by atoms with E-state index in [0.29, 0.717) is 24.8 Å². The highest BCUT2D eigenvalue weighted by atomic mass is 16.5. The number of rotatable bonds is 7. The third-order valence-electron chi connectivity index (χ3n) is 1.66. The van der Waals surface area contributed by atoms with Gasteiger partial charge in [-0.05, 0) is 6.42 Å². The SMILES string of the molecule is Nc1cncc(NCCCOCCO)n1. The molecule has 0 amide bonds. The first-order valence-electron chi connectivity index (χ1n) is 4.83. The van der Waals surface area contributed by atoms with Crippen LogP contribution >= 0.6 is 0 Å². The third kappa shape index (κ3) is 5.14. The van der Waals surface area contributed by atoms with Crippen LogP contribution in [0.25, 0.3) is 0 Å². The lowest BCUT2D eigenvalue weighted by Gasteiger charge is -2.05. The standard InChI is InChI=1S/C9H16N4O2/c10-8-6-11-7-9(13-8)12-2-1-4-15-5-3-14/h6-7,14H,1-5H2,(H3,10,12,13). The van der Waals surface area contributed by atoms with E-state index in [1.807, 2.05) is 0 Å². The molecule has 0 saturated heterocycles. The molecule has 6 heteroatoms. The van der Waals surface area contributed by atoms with Crippen molar-refractivity contribution in [1.29, 1.82) is 0 Å². The van der Waals surface area contributed by atoms with Crippen molar-refractivity contribution in [2.24, 2.45) is 0 Å². The van der Waals surface area contributed by atoms with E-state index in [9.17, 15) is 0 Å². The van der Waals surface area contributed by atoms with Crippen molar-refractivity contribution >= 4 is 11.6 Å². The predicted octanol–water partition coefficient (Wildman–Crippen LogP) is -0.130. The molecule has 0 aliphatic carbocycles. The van der Waals surface area contributed by atoms with Crippen LogP contribution < -0.4 is 11.1 Å². The van der Waals surface area contributed by atoms with Crippen LogP contribution in [0.5, 0.6) is 0 Å². The Morgan fingerprint density at radius 1 is 1.40 bits per heavy atom. The Kier molecular flexibility index (Phi) is 5.42. The Bertz CT molecular complexity index is 283. The highest BCUT2D eigenvalue weighted by Gasteiger charge is 1.94. The first-order valence-corrected chi connectivity index (χ1v) is 4.83. The Balaban J connectivity index is 2.10. The molecule has 1 aromatic heterocycles. The molecule has 0 aliphatic rings. The van der Waals surface area contributed by atoms with Crippen molar-refractivity contribution in [3.63, 3.8) is 0 Å². The van der Waals surface area contributed by atoms with E-state index in [-0.39, 0.29) is 6.61 Å². The molecule has 0 unspecified atom stereocenters. The number of aromatic nitrogens is 2. The lowest BCUT2D eigenvalue weighted by Crippen LogP contribution is -2.09. The molecule has 15 heavy (non-hydrogen) atoms. The van der Waals surface area contributed by atoms with Crippen LogP contribution in [0.15, 0.2) is 12.4 Å². The second-order valence-corrected chi connectivity index (χ2v) is 2.95. The van der Waals surface area contributed by atoms with Gasteiger partial charge in [-0.15, -0.1) is 0 Å². The van der Waals surface area contributed by atoms with E-state index in [4.69, 9.17) is 15.6 Å². The van der Waals surface area contributed by atoms with Crippen molar-refractivity contribution in [1.82, 2.24) is 9.97 Å². The molecule has 0 bridgehead atoms. The molecule has 0 atom stereocenters. The second kappa shape index (κ2) is 6.97. The van der Waals surface area contributed by atoms with Gasteiger partial charge in [0.2, 0.25) is 0 Å². The summed E-state index contributed by atoms with van der Waals surface area (Å²) in [5.74, 6) is 1.06. The Morgan fingerprint density at radius 3 is 3.00 bits per heavy atom. The topological polar surface area (TPSA) is 93.3 Å². The lowest BCUT2D eigenvalue weighted by atomic mass is 10.4. The van der Waals surface area contributed by atoms with Crippen LogP contribution in [0.1, 0.15) is 6.42 Å². The van der Waals surface area contributed by atoms with E-state index in [1.54, 1.807) is 6.20 Å². The van der Waals surface area contributed by atoms with Gasteiger partial charge in [0.25, 0.3) is 0 Å². The zero-order valence-electron chi connectivity index (χ0n) is 8.52. The Morgan fingerprint density at radius 2 is 2.27 bits per heavy atom. The second-order valence-electron chi connectivity index (χ2n) is 2.95. The van der Waals surface area contributed by atoms with Crippen LogP contribution in [-0.4, -0.2) is 41.4 Å². The summed E-state index contributed by atoms with van der Waals surface area (Å²) >= 11 is 0. The number of nitrogen functional groups attached to an aromatic ring is 1. The largest absolute Gasteiger partial charge is 0.394 e. The van der Waals surface area contributed by atoms with E-state index >= 15 is 0 Å². The van der Waals surface area contributed by atoms with E-state index in [1.165, 1.54) is 6.20 Å². The molecule has 6 nitrogen and oxygen atoms in total. The maximum Gasteiger partial charge on any atom is 0.146 e. The minimum atomic E-state index is 0.0636. The maximum atomic E-state index is 8.46. The summed E-state index contributed by atoms with van der Waals surface area (Å²) in [6.45, 7) is 1.80. The quantitative estimate of drug-likeness (QED) is 0.545. The van der Waals surface area contributed by atoms with Gasteiger partial charge in [0.1, 0.15) is 11.6 Å². The number of ether oxygens (including phenoxy) is 1. The van der Waals surface area contributed by atoms with Gasteiger partial charge < -0.3 is 20.9 Å². The Labute approximate surface area is 88.5 Å². The number of aliphatic hydroxyl groups excluding tert-OH is 1. The number of hydrogen-bond donors (Lipinski definition) is 3. The lowest BCUT2D eigenvalue weighted by molar-refractivity contribution is 0.0922. The number of hydrogen-bond acceptors (Lipinski definition) is 6. The fourth-order valence-electron chi connectivity index (χ4n) is 1.02. The molecule has 84 valence electrons. The van der Waals surface area contributed by atoms with Crippen molar-refractivity contribution < 1.29 is 9.84 Å². The molecule has 0 saturated carbocycles. The first kappa shape index (κ1) is 11.7. The zero-order chi connectivity index (χ0) is 10.9. The van der Waals surface area contributed by atoms with E-state index in [0.717, 1.165) is 13.0 Å². The van der Waals surface area contributed by atoms with Gasteiger partial charge in [-0.2, -0.15) is 0 Å². The van der Waals surface area contributed by atoms with E-state index < -0.39 is 0 Å². The summed E-state index contributed by atoms with van der Waals surface area (Å²) in [7, 11) is 0. The van der Waals surface area contributed by atoms with Crippen LogP contribution in [-0.2, 0) is 4.74 Å². The highest BCUT2D eigenvalue weighted by molar-refractivity contribution is 5.37. The number of aliphatic hydroxyl groups is 1. The molecule has 0 aliphatic heterocycles. The molecule has 0 fully saturated rings. The van der Waals surface area contributed by atoms with Crippen LogP contribution in [0, 0.1) is 0 Å². The van der Waals surface area contributed by atoms with Gasteiger partial charge >= 0.3 is 0 Å². The molecule has 0 radical (unpaired) electrons. The zero-order valence-corrected chi connectivity index (χ0v) is 8.52. The molecule has 1 heterocycles. The minimum absolute atomic E-state index is 0.0636. The van der Waals surface area contributed by atoms with Crippen LogP contribution in [0.3, 0.4) is 0 Å². The summed E-state index contributed by atoms with van der Waals surface area (Å²) in [4.78, 5) is 7.93. The van der Waals surface area contributed by atoms with Crippen molar-refractivity contribution in [2.45, 2.75) is 6.42 Å². The van der Waals surface area contributed by atoms with Crippen LogP contribution in [0.2, 0.25) is 0 Å². The molecule has 4 N–H and O–H groups in total. The van der Waals surface area contributed by atoms with E-state index in [2.05, 4.69) is 15.3 Å². The number of nitrogens with two attached hydrogens (primary N) is 1. The minimum Gasteiger partial charge on any atom is -0.394 e. The van der Waals surface area contributed by atoms with Crippen molar-refractivity contribution in [3.8, 4) is 0 Å². The smallest absolute Gasteiger partial charge is 0.146 e. The maximum absolute atomic E-state index is 8.46. The summed E-state index contributed by atoms with van der Waals surface area (Å²) < 4.78 is 5.09. The summed E-state index contributed by atoms with van der Waals surface area (Å²) in [5.41, 5.74) is 5.46. The Hall–Kier alpha value is -1.40. The molecular formula is C9H16N4O2. The molecular weight excluding hydrogens is 196 g/mol. The third-order valence-corrected chi connectivity index (χ3v) is 1.66. The van der Waals surface area contributed by atoms with Gasteiger partial charge in [-0.3, -0.25) is 4.98 Å². The molecule has 1 rings (SSSR count). The predicted molar refractivity (Wildman–Crippen MR) is 57.5 cm³/mol. The monoisotopic (exact) mass is 212 g/mol. The van der Waals surface area contributed by atoms with Gasteiger partial charge in [0.05, 0.1) is 25.6 Å². The van der Waals surface area contributed by atoms with Gasteiger partial charge in [0.15, 0.2) is 0 Å². The average Bonchev–Trinajstić information content (AvgIpc) is 2.23. The molecule has 0 aromatic carbocycles. The van der Waals surface area contributed by atoms with Crippen molar-refractivity contribution in [2.75, 3.05) is 37.4 Å². The molecule has 0 spiro atoms. The average molecular weight is 212 g/mol. The highest BCUT2D eigenvalue weighted by Crippen LogP contribution is 2.02. The number of anilines is 2. The van der Waals surface area contributed by atoms with Gasteiger partial charge in [-0.1, -0.05) is 0 Å². The van der Waals surface area contributed by atoms with Gasteiger partial charge in [0, 0.05) is 13.2 Å². The summed E-state index contributed by atoms with van der Waals surface area (Å²) in [6.07, 6.45) is 3.96. The molecule has 1 aromatic rings.